The van der Waals surface area contributed by atoms with Gasteiger partial charge in [0.05, 0.1) is 0 Å². The maximum atomic E-state index is 12.6. The second kappa shape index (κ2) is 7.38. The largest absolute Gasteiger partial charge is 0.325 e. The van der Waals surface area contributed by atoms with Crippen LogP contribution in [0.4, 0.5) is 16.2 Å². The number of hydrogen-bond donors (Lipinski definition) is 1. The summed E-state index contributed by atoms with van der Waals surface area (Å²) in [6.45, 7) is 5.28. The van der Waals surface area contributed by atoms with Crippen molar-refractivity contribution in [2.75, 3.05) is 29.9 Å². The van der Waals surface area contributed by atoms with Crippen LogP contribution < -0.4 is 10.2 Å². The normalized spacial score (nSPS) is 14.1. The zero-order chi connectivity index (χ0) is 17.8. The molecule has 1 heterocycles. The lowest BCUT2D eigenvalue weighted by atomic mass is 10.1. The molecule has 1 aliphatic rings. The van der Waals surface area contributed by atoms with E-state index in [1.54, 1.807) is 9.80 Å². The number of amides is 3. The average Bonchev–Trinajstić information content (AvgIpc) is 2.97. The third-order valence-corrected chi connectivity index (χ3v) is 4.45. The Bertz CT molecular complexity index is 771. The van der Waals surface area contributed by atoms with E-state index in [4.69, 9.17) is 0 Å². The molecular weight excluding hydrogens is 314 g/mol. The SMILES string of the molecule is CCc1ccccc1NC(=O)CN1CCN(c2ccc(C)cc2)C1=O. The Morgan fingerprint density at radius 3 is 2.52 bits per heavy atom. The van der Waals surface area contributed by atoms with Crippen LogP contribution in [0.5, 0.6) is 0 Å². The van der Waals surface area contributed by atoms with Crippen LogP contribution in [0.25, 0.3) is 0 Å². The molecule has 0 aliphatic carbocycles. The van der Waals surface area contributed by atoms with Gasteiger partial charge in [-0.05, 0) is 37.1 Å². The molecule has 25 heavy (non-hydrogen) atoms. The quantitative estimate of drug-likeness (QED) is 0.909. The third kappa shape index (κ3) is 3.82. The second-order valence-electron chi connectivity index (χ2n) is 6.25. The summed E-state index contributed by atoms with van der Waals surface area (Å²) >= 11 is 0. The van der Waals surface area contributed by atoms with Crippen LogP contribution in [0.3, 0.4) is 0 Å². The average molecular weight is 337 g/mol. The molecule has 0 unspecified atom stereocenters. The molecule has 0 atom stereocenters. The van der Waals surface area contributed by atoms with Gasteiger partial charge in [0.25, 0.3) is 0 Å². The first-order valence-corrected chi connectivity index (χ1v) is 8.59. The highest BCUT2D eigenvalue weighted by atomic mass is 16.2. The Morgan fingerprint density at radius 1 is 1.08 bits per heavy atom. The molecule has 1 saturated heterocycles. The van der Waals surface area contributed by atoms with Gasteiger partial charge in [-0.1, -0.05) is 42.8 Å². The van der Waals surface area contributed by atoms with Gasteiger partial charge in [0.1, 0.15) is 6.54 Å². The molecule has 0 bridgehead atoms. The van der Waals surface area contributed by atoms with Crippen LogP contribution in [0.2, 0.25) is 0 Å². The molecule has 5 nitrogen and oxygen atoms in total. The Morgan fingerprint density at radius 2 is 1.80 bits per heavy atom. The lowest BCUT2D eigenvalue weighted by Crippen LogP contribution is -2.37. The van der Waals surface area contributed by atoms with Gasteiger partial charge in [-0.2, -0.15) is 0 Å². The van der Waals surface area contributed by atoms with E-state index in [9.17, 15) is 9.59 Å². The highest BCUT2D eigenvalue weighted by Gasteiger charge is 2.30. The van der Waals surface area contributed by atoms with Crippen molar-refractivity contribution in [2.45, 2.75) is 20.3 Å². The van der Waals surface area contributed by atoms with Crippen LogP contribution in [0.15, 0.2) is 48.5 Å². The number of carbonyl (C=O) groups is 2. The zero-order valence-electron chi connectivity index (χ0n) is 14.7. The van der Waals surface area contributed by atoms with Gasteiger partial charge in [0, 0.05) is 24.5 Å². The number of para-hydroxylation sites is 1. The summed E-state index contributed by atoms with van der Waals surface area (Å²) in [4.78, 5) is 28.2. The van der Waals surface area contributed by atoms with Crippen molar-refractivity contribution in [3.8, 4) is 0 Å². The van der Waals surface area contributed by atoms with Gasteiger partial charge in [-0.15, -0.1) is 0 Å². The lowest BCUT2D eigenvalue weighted by molar-refractivity contribution is -0.116. The van der Waals surface area contributed by atoms with Crippen molar-refractivity contribution >= 4 is 23.3 Å². The van der Waals surface area contributed by atoms with Gasteiger partial charge in [-0.3, -0.25) is 9.69 Å². The van der Waals surface area contributed by atoms with Crippen LogP contribution >= 0.6 is 0 Å². The van der Waals surface area contributed by atoms with Gasteiger partial charge < -0.3 is 10.2 Å². The van der Waals surface area contributed by atoms with E-state index < -0.39 is 0 Å². The fourth-order valence-electron chi connectivity index (χ4n) is 3.01. The van der Waals surface area contributed by atoms with Crippen LogP contribution in [-0.4, -0.2) is 36.5 Å². The lowest BCUT2D eigenvalue weighted by Gasteiger charge is -2.19. The molecule has 0 aromatic heterocycles. The van der Waals surface area contributed by atoms with Gasteiger partial charge in [0.2, 0.25) is 5.91 Å². The van der Waals surface area contributed by atoms with E-state index in [1.165, 1.54) is 0 Å². The molecule has 130 valence electrons. The molecule has 5 heteroatoms. The molecule has 3 amide bonds. The van der Waals surface area contributed by atoms with Gasteiger partial charge >= 0.3 is 6.03 Å². The highest BCUT2D eigenvalue weighted by Crippen LogP contribution is 2.21. The molecule has 3 rings (SSSR count). The smallest absolute Gasteiger partial charge is 0.324 e. The van der Waals surface area contributed by atoms with Gasteiger partial charge in [0.15, 0.2) is 0 Å². The van der Waals surface area contributed by atoms with E-state index in [1.807, 2.05) is 55.5 Å². The first-order chi connectivity index (χ1) is 12.1. The predicted molar refractivity (Wildman–Crippen MR) is 99.9 cm³/mol. The molecule has 0 spiro atoms. The van der Waals surface area contributed by atoms with E-state index in [2.05, 4.69) is 12.2 Å². The molecular formula is C20H23N3O2. The topological polar surface area (TPSA) is 52.7 Å². The Kier molecular flexibility index (Phi) is 5.03. The van der Waals surface area contributed by atoms with E-state index in [-0.39, 0.29) is 18.5 Å². The van der Waals surface area contributed by atoms with E-state index >= 15 is 0 Å². The van der Waals surface area contributed by atoms with Gasteiger partial charge in [-0.25, -0.2) is 4.79 Å². The Labute approximate surface area is 148 Å². The second-order valence-corrected chi connectivity index (χ2v) is 6.25. The summed E-state index contributed by atoms with van der Waals surface area (Å²) in [5, 5.41) is 2.92. The number of rotatable bonds is 5. The number of urea groups is 1. The summed E-state index contributed by atoms with van der Waals surface area (Å²) in [5.41, 5.74) is 3.93. The van der Waals surface area contributed by atoms with E-state index in [0.717, 1.165) is 28.9 Å². The predicted octanol–water partition coefficient (Wildman–Crippen LogP) is 3.44. The molecule has 0 radical (unpaired) electrons. The monoisotopic (exact) mass is 337 g/mol. The fourth-order valence-corrected chi connectivity index (χ4v) is 3.01. The van der Waals surface area contributed by atoms with Crippen molar-refractivity contribution in [3.05, 3.63) is 59.7 Å². The number of nitrogens with zero attached hydrogens (tertiary/aromatic N) is 2. The molecule has 1 fully saturated rings. The number of anilines is 2. The maximum absolute atomic E-state index is 12.6. The number of aryl methyl sites for hydroxylation is 2. The summed E-state index contributed by atoms with van der Waals surface area (Å²) in [6, 6.07) is 15.5. The summed E-state index contributed by atoms with van der Waals surface area (Å²) in [6.07, 6.45) is 0.848. The number of carbonyl (C=O) groups excluding carboxylic acids is 2. The first-order valence-electron chi connectivity index (χ1n) is 8.59. The van der Waals surface area contributed by atoms with Crippen LogP contribution in [-0.2, 0) is 11.2 Å². The number of hydrogen-bond acceptors (Lipinski definition) is 2. The van der Waals surface area contributed by atoms with Crippen molar-refractivity contribution in [3.63, 3.8) is 0 Å². The summed E-state index contributed by atoms with van der Waals surface area (Å²) < 4.78 is 0. The molecule has 1 N–H and O–H groups in total. The summed E-state index contributed by atoms with van der Waals surface area (Å²) in [7, 11) is 0. The minimum Gasteiger partial charge on any atom is -0.324 e. The van der Waals surface area contributed by atoms with Crippen LogP contribution in [0, 0.1) is 6.92 Å². The molecule has 0 saturated carbocycles. The van der Waals surface area contributed by atoms with Crippen molar-refractivity contribution < 1.29 is 9.59 Å². The maximum Gasteiger partial charge on any atom is 0.325 e. The van der Waals surface area contributed by atoms with Crippen molar-refractivity contribution in [1.82, 2.24) is 4.90 Å². The zero-order valence-corrected chi connectivity index (χ0v) is 14.7. The summed E-state index contributed by atoms with van der Waals surface area (Å²) in [5.74, 6) is -0.167. The Hall–Kier alpha value is -2.82. The van der Waals surface area contributed by atoms with E-state index in [0.29, 0.717) is 13.1 Å². The van der Waals surface area contributed by atoms with Crippen LogP contribution in [0.1, 0.15) is 18.1 Å². The highest BCUT2D eigenvalue weighted by molar-refractivity contribution is 5.99. The third-order valence-electron chi connectivity index (χ3n) is 4.45. The molecule has 2 aromatic carbocycles. The fraction of sp³-hybridized carbons (Fsp3) is 0.300. The van der Waals surface area contributed by atoms with Crippen molar-refractivity contribution in [1.29, 1.82) is 0 Å². The number of benzene rings is 2. The van der Waals surface area contributed by atoms with Crippen molar-refractivity contribution in [2.24, 2.45) is 0 Å². The first kappa shape index (κ1) is 17.0. The molecule has 2 aromatic rings. The minimum absolute atomic E-state index is 0.0687. The Balaban J connectivity index is 1.62. The number of nitrogens with one attached hydrogen (secondary N) is 1. The molecule has 1 aliphatic heterocycles. The standard InChI is InChI=1S/C20H23N3O2/c1-3-16-6-4-5-7-18(16)21-19(24)14-22-12-13-23(20(22)25)17-10-8-15(2)9-11-17/h4-11H,3,12-14H2,1-2H3,(H,21,24). The minimum atomic E-state index is -0.167.